The molecule has 0 aliphatic heterocycles. The van der Waals surface area contributed by atoms with E-state index in [1.807, 2.05) is 19.1 Å². The van der Waals surface area contributed by atoms with E-state index in [2.05, 4.69) is 5.73 Å². The lowest BCUT2D eigenvalue weighted by Gasteiger charge is -1.96. The monoisotopic (exact) mass is 181 g/mol. The Balaban J connectivity index is 0.000000671. The highest BCUT2D eigenvalue weighted by Gasteiger charge is 1.99. The van der Waals surface area contributed by atoms with E-state index in [-0.39, 0.29) is 0 Å². The third-order valence-corrected chi connectivity index (χ3v) is 1.61. The van der Waals surface area contributed by atoms with Crippen molar-refractivity contribution in [2.24, 2.45) is 5.73 Å². The Bertz CT molecular complexity index is 254. The number of hydrogen-bond donors (Lipinski definition) is 2. The van der Waals surface area contributed by atoms with Crippen LogP contribution < -0.4 is 5.73 Å². The van der Waals surface area contributed by atoms with E-state index < -0.39 is 5.97 Å². The van der Waals surface area contributed by atoms with Gasteiger partial charge in [0.15, 0.2) is 0 Å². The van der Waals surface area contributed by atoms with Crippen molar-refractivity contribution in [3.8, 4) is 0 Å². The van der Waals surface area contributed by atoms with Crippen LogP contribution in [0.4, 0.5) is 0 Å². The summed E-state index contributed by atoms with van der Waals surface area (Å²) in [5.41, 5.74) is 6.01. The number of benzene rings is 1. The fourth-order valence-corrected chi connectivity index (χ4v) is 0.883. The SMILES string of the molecule is CCc1ccc(C(=O)O)cc1.CN. The standard InChI is InChI=1S/C9H10O2.CH5N/c1-2-7-3-5-8(6-4-7)9(10)11;1-2/h3-6H,2H2,1H3,(H,10,11);2H2,1H3. The largest absolute Gasteiger partial charge is 0.478 e. The molecule has 3 heteroatoms. The summed E-state index contributed by atoms with van der Waals surface area (Å²) < 4.78 is 0. The zero-order valence-corrected chi connectivity index (χ0v) is 7.95. The number of aryl methyl sites for hydroxylation is 1. The van der Waals surface area contributed by atoms with Gasteiger partial charge >= 0.3 is 5.97 Å². The third-order valence-electron chi connectivity index (χ3n) is 1.61. The van der Waals surface area contributed by atoms with Crippen molar-refractivity contribution in [2.45, 2.75) is 13.3 Å². The maximum absolute atomic E-state index is 10.4. The van der Waals surface area contributed by atoms with Crippen LogP contribution >= 0.6 is 0 Å². The van der Waals surface area contributed by atoms with E-state index in [0.717, 1.165) is 12.0 Å². The Labute approximate surface area is 78.2 Å². The van der Waals surface area contributed by atoms with Crippen LogP contribution in [-0.2, 0) is 6.42 Å². The van der Waals surface area contributed by atoms with Crippen LogP contribution in [0.1, 0.15) is 22.8 Å². The quantitative estimate of drug-likeness (QED) is 0.727. The Morgan fingerprint density at radius 3 is 2.08 bits per heavy atom. The van der Waals surface area contributed by atoms with Gasteiger partial charge in [-0.25, -0.2) is 4.79 Å². The van der Waals surface area contributed by atoms with E-state index >= 15 is 0 Å². The molecule has 0 aromatic heterocycles. The van der Waals surface area contributed by atoms with Gasteiger partial charge in [-0.2, -0.15) is 0 Å². The molecule has 1 aromatic rings. The van der Waals surface area contributed by atoms with Gasteiger partial charge in [0.05, 0.1) is 5.56 Å². The van der Waals surface area contributed by atoms with Crippen LogP contribution in [0.3, 0.4) is 0 Å². The van der Waals surface area contributed by atoms with Gasteiger partial charge in [-0.3, -0.25) is 0 Å². The average molecular weight is 181 g/mol. The lowest BCUT2D eigenvalue weighted by Crippen LogP contribution is -1.95. The first-order valence-electron chi connectivity index (χ1n) is 4.14. The lowest BCUT2D eigenvalue weighted by molar-refractivity contribution is 0.0697. The molecular weight excluding hydrogens is 166 g/mol. The molecule has 0 amide bonds. The summed E-state index contributed by atoms with van der Waals surface area (Å²) in [7, 11) is 1.50. The molecule has 0 aliphatic carbocycles. The fraction of sp³-hybridized carbons (Fsp3) is 0.300. The molecule has 3 N–H and O–H groups in total. The molecule has 13 heavy (non-hydrogen) atoms. The summed E-state index contributed by atoms with van der Waals surface area (Å²) in [5.74, 6) is -0.868. The van der Waals surface area contributed by atoms with Gasteiger partial charge in [-0.1, -0.05) is 19.1 Å². The zero-order valence-electron chi connectivity index (χ0n) is 7.95. The van der Waals surface area contributed by atoms with E-state index in [4.69, 9.17) is 5.11 Å². The van der Waals surface area contributed by atoms with Gasteiger partial charge in [0, 0.05) is 0 Å². The van der Waals surface area contributed by atoms with Gasteiger partial charge in [-0.05, 0) is 31.2 Å². The molecule has 0 spiro atoms. The fourth-order valence-electron chi connectivity index (χ4n) is 0.883. The maximum atomic E-state index is 10.4. The molecule has 0 saturated carbocycles. The molecule has 1 aromatic carbocycles. The minimum atomic E-state index is -0.868. The summed E-state index contributed by atoms with van der Waals surface area (Å²) in [6, 6.07) is 6.93. The summed E-state index contributed by atoms with van der Waals surface area (Å²) in [5, 5.41) is 8.55. The number of hydrogen-bond acceptors (Lipinski definition) is 2. The molecule has 1 rings (SSSR count). The number of carboxylic acids is 1. The minimum absolute atomic E-state index is 0.349. The maximum Gasteiger partial charge on any atom is 0.335 e. The van der Waals surface area contributed by atoms with Crippen LogP contribution in [0.15, 0.2) is 24.3 Å². The van der Waals surface area contributed by atoms with Crippen molar-refractivity contribution < 1.29 is 9.90 Å². The molecule has 0 unspecified atom stereocenters. The van der Waals surface area contributed by atoms with E-state index in [9.17, 15) is 4.79 Å². The predicted molar refractivity (Wildman–Crippen MR) is 52.9 cm³/mol. The number of carboxylic acid groups (broad SMARTS) is 1. The van der Waals surface area contributed by atoms with Gasteiger partial charge in [0.25, 0.3) is 0 Å². The Hall–Kier alpha value is -1.35. The highest BCUT2D eigenvalue weighted by atomic mass is 16.4. The second kappa shape index (κ2) is 6.20. The third kappa shape index (κ3) is 3.71. The summed E-state index contributed by atoms with van der Waals surface area (Å²) in [6.07, 6.45) is 0.944. The van der Waals surface area contributed by atoms with Gasteiger partial charge < -0.3 is 10.8 Å². The molecule has 0 atom stereocenters. The summed E-state index contributed by atoms with van der Waals surface area (Å²) in [6.45, 7) is 2.04. The molecule has 0 bridgehead atoms. The van der Waals surface area contributed by atoms with Gasteiger partial charge in [0.2, 0.25) is 0 Å². The van der Waals surface area contributed by atoms with Crippen molar-refractivity contribution in [3.05, 3.63) is 35.4 Å². The van der Waals surface area contributed by atoms with Crippen LogP contribution in [0, 0.1) is 0 Å². The Morgan fingerprint density at radius 2 is 1.77 bits per heavy atom. The highest BCUT2D eigenvalue weighted by molar-refractivity contribution is 5.87. The topological polar surface area (TPSA) is 63.3 Å². The van der Waals surface area contributed by atoms with E-state index in [0.29, 0.717) is 5.56 Å². The van der Waals surface area contributed by atoms with Crippen molar-refractivity contribution in [1.82, 2.24) is 0 Å². The van der Waals surface area contributed by atoms with Gasteiger partial charge in [0.1, 0.15) is 0 Å². The van der Waals surface area contributed by atoms with E-state index in [1.165, 1.54) is 7.05 Å². The van der Waals surface area contributed by atoms with Crippen molar-refractivity contribution in [1.29, 1.82) is 0 Å². The molecule has 0 saturated heterocycles. The number of rotatable bonds is 2. The van der Waals surface area contributed by atoms with E-state index in [1.54, 1.807) is 12.1 Å². The average Bonchev–Trinajstić information content (AvgIpc) is 2.21. The molecule has 0 fully saturated rings. The lowest BCUT2D eigenvalue weighted by atomic mass is 10.1. The molecule has 72 valence electrons. The number of carbonyl (C=O) groups is 1. The first kappa shape index (κ1) is 11.6. The second-order valence-corrected chi connectivity index (χ2v) is 2.36. The smallest absolute Gasteiger partial charge is 0.335 e. The minimum Gasteiger partial charge on any atom is -0.478 e. The van der Waals surface area contributed by atoms with Crippen LogP contribution in [-0.4, -0.2) is 18.1 Å². The van der Waals surface area contributed by atoms with Gasteiger partial charge in [-0.15, -0.1) is 0 Å². The summed E-state index contributed by atoms with van der Waals surface area (Å²) >= 11 is 0. The highest BCUT2D eigenvalue weighted by Crippen LogP contribution is 2.04. The van der Waals surface area contributed by atoms with Crippen molar-refractivity contribution in [3.63, 3.8) is 0 Å². The molecule has 0 heterocycles. The zero-order chi connectivity index (χ0) is 10.3. The van der Waals surface area contributed by atoms with Crippen LogP contribution in [0.5, 0.6) is 0 Å². The Morgan fingerprint density at radius 1 is 1.31 bits per heavy atom. The van der Waals surface area contributed by atoms with Crippen molar-refractivity contribution >= 4 is 5.97 Å². The Kier molecular flexibility index (Phi) is 5.55. The number of aromatic carboxylic acids is 1. The number of nitrogens with two attached hydrogens (primary N) is 1. The predicted octanol–water partition coefficient (Wildman–Crippen LogP) is 1.52. The summed E-state index contributed by atoms with van der Waals surface area (Å²) in [4.78, 5) is 10.4. The van der Waals surface area contributed by atoms with Crippen LogP contribution in [0.2, 0.25) is 0 Å². The van der Waals surface area contributed by atoms with Crippen LogP contribution in [0.25, 0.3) is 0 Å². The normalized spacial score (nSPS) is 8.54. The molecule has 0 radical (unpaired) electrons. The first-order valence-corrected chi connectivity index (χ1v) is 4.14. The van der Waals surface area contributed by atoms with Crippen molar-refractivity contribution in [2.75, 3.05) is 7.05 Å². The molecule has 3 nitrogen and oxygen atoms in total. The second-order valence-electron chi connectivity index (χ2n) is 2.36. The molecule has 0 aliphatic rings. The molecular formula is C10H15NO2. The first-order chi connectivity index (χ1) is 6.24.